The molecule has 0 spiro atoms. The summed E-state index contributed by atoms with van der Waals surface area (Å²) < 4.78 is 13.6. The molecule has 2 N–H and O–H groups in total. The Labute approximate surface area is 143 Å². The van der Waals surface area contributed by atoms with E-state index in [0.29, 0.717) is 16.5 Å². The van der Waals surface area contributed by atoms with Crippen molar-refractivity contribution >= 4 is 34.7 Å². The van der Waals surface area contributed by atoms with Crippen molar-refractivity contribution < 1.29 is 9.18 Å². The Kier molecular flexibility index (Phi) is 4.72. The Morgan fingerprint density at radius 1 is 1.00 bits per heavy atom. The van der Waals surface area contributed by atoms with E-state index >= 15 is 0 Å². The molecule has 0 saturated heterocycles. The van der Waals surface area contributed by atoms with Crippen LogP contribution in [0, 0.1) is 5.82 Å². The monoisotopic (exact) mass is 341 g/mol. The maximum absolute atomic E-state index is 13.6. The summed E-state index contributed by atoms with van der Waals surface area (Å²) in [5.74, 6) is -0.799. The normalized spacial score (nSPS) is 10.2. The highest BCUT2D eigenvalue weighted by atomic mass is 35.5. The van der Waals surface area contributed by atoms with Gasteiger partial charge < -0.3 is 10.6 Å². The van der Waals surface area contributed by atoms with Crippen LogP contribution in [0.4, 0.5) is 21.6 Å². The van der Waals surface area contributed by atoms with E-state index in [2.05, 4.69) is 15.6 Å². The summed E-state index contributed by atoms with van der Waals surface area (Å²) in [6, 6.07) is 16.5. The number of carbonyl (C=O) groups excluding carboxylic acids is 1. The minimum atomic E-state index is -0.577. The molecule has 6 heteroatoms. The number of rotatable bonds is 4. The second-order valence-corrected chi connectivity index (χ2v) is 5.38. The third-order valence-corrected chi connectivity index (χ3v) is 3.61. The summed E-state index contributed by atoms with van der Waals surface area (Å²) in [5, 5.41) is 6.28. The van der Waals surface area contributed by atoms with Gasteiger partial charge in [-0.2, -0.15) is 0 Å². The van der Waals surface area contributed by atoms with Crippen LogP contribution >= 0.6 is 11.6 Å². The largest absolute Gasteiger partial charge is 0.353 e. The third kappa shape index (κ3) is 3.70. The van der Waals surface area contributed by atoms with Crippen molar-refractivity contribution in [1.29, 1.82) is 0 Å². The molecule has 120 valence electrons. The maximum atomic E-state index is 13.6. The van der Waals surface area contributed by atoms with Gasteiger partial charge >= 0.3 is 0 Å². The van der Waals surface area contributed by atoms with E-state index in [1.807, 2.05) is 18.2 Å². The van der Waals surface area contributed by atoms with Gasteiger partial charge in [0.25, 0.3) is 5.91 Å². The van der Waals surface area contributed by atoms with Crippen LogP contribution in [0.25, 0.3) is 0 Å². The Balaban J connectivity index is 1.70. The fraction of sp³-hybridized carbons (Fsp3) is 0. The predicted octanol–water partition coefficient (Wildman–Crippen LogP) is 4.87. The van der Waals surface area contributed by atoms with Gasteiger partial charge in [-0.15, -0.1) is 0 Å². The molecule has 0 unspecified atom stereocenters. The highest BCUT2D eigenvalue weighted by Gasteiger charge is 2.11. The first-order valence-corrected chi connectivity index (χ1v) is 7.55. The molecule has 0 radical (unpaired) electrons. The summed E-state index contributed by atoms with van der Waals surface area (Å²) >= 11 is 6.08. The lowest BCUT2D eigenvalue weighted by Gasteiger charge is -2.09. The second kappa shape index (κ2) is 7.10. The number of halogens is 2. The molecule has 0 aliphatic carbocycles. The van der Waals surface area contributed by atoms with Gasteiger partial charge in [-0.1, -0.05) is 35.9 Å². The highest BCUT2D eigenvalue weighted by molar-refractivity contribution is 6.33. The smallest absolute Gasteiger partial charge is 0.259 e. The number of nitrogens with one attached hydrogen (secondary N) is 2. The van der Waals surface area contributed by atoms with E-state index in [-0.39, 0.29) is 5.56 Å². The van der Waals surface area contributed by atoms with Gasteiger partial charge in [-0.25, -0.2) is 9.37 Å². The van der Waals surface area contributed by atoms with Crippen LogP contribution in [0.2, 0.25) is 5.02 Å². The zero-order chi connectivity index (χ0) is 16.9. The third-order valence-electron chi connectivity index (χ3n) is 3.28. The van der Waals surface area contributed by atoms with E-state index in [1.165, 1.54) is 18.2 Å². The average Bonchev–Trinajstić information content (AvgIpc) is 2.59. The number of anilines is 3. The lowest BCUT2D eigenvalue weighted by atomic mass is 10.2. The zero-order valence-corrected chi connectivity index (χ0v) is 13.2. The summed E-state index contributed by atoms with van der Waals surface area (Å²) in [7, 11) is 0. The Bertz CT molecular complexity index is 868. The quantitative estimate of drug-likeness (QED) is 0.711. The number of hydrogen-bond acceptors (Lipinski definition) is 3. The van der Waals surface area contributed by atoms with E-state index in [9.17, 15) is 9.18 Å². The van der Waals surface area contributed by atoms with Gasteiger partial charge in [-0.3, -0.25) is 4.79 Å². The van der Waals surface area contributed by atoms with Crippen LogP contribution in [0.5, 0.6) is 0 Å². The molecule has 3 aromatic rings. The standard InChI is InChI=1S/C18H13ClFN3O/c19-14-6-2-4-8-16(14)22-12-9-10-17(21-11-12)23-18(24)13-5-1-3-7-15(13)20/h1-11,22H,(H,21,23,24). The zero-order valence-electron chi connectivity index (χ0n) is 12.5. The minimum absolute atomic E-state index is 0.0300. The highest BCUT2D eigenvalue weighted by Crippen LogP contribution is 2.24. The van der Waals surface area contributed by atoms with E-state index in [0.717, 1.165) is 5.69 Å². The van der Waals surface area contributed by atoms with Gasteiger partial charge in [0.1, 0.15) is 11.6 Å². The molecule has 24 heavy (non-hydrogen) atoms. The molecule has 0 saturated carbocycles. The second-order valence-electron chi connectivity index (χ2n) is 4.97. The van der Waals surface area contributed by atoms with Gasteiger partial charge in [-0.05, 0) is 36.4 Å². The molecular formula is C18H13ClFN3O. The average molecular weight is 342 g/mol. The van der Waals surface area contributed by atoms with Crippen LogP contribution in [0.1, 0.15) is 10.4 Å². The Morgan fingerprint density at radius 3 is 2.46 bits per heavy atom. The molecule has 0 aliphatic heterocycles. The van der Waals surface area contributed by atoms with Crippen LogP contribution in [0.15, 0.2) is 66.9 Å². The molecule has 1 amide bonds. The van der Waals surface area contributed by atoms with Crippen LogP contribution in [-0.4, -0.2) is 10.9 Å². The van der Waals surface area contributed by atoms with E-state index in [1.54, 1.807) is 30.5 Å². The lowest BCUT2D eigenvalue weighted by molar-refractivity contribution is 0.102. The summed E-state index contributed by atoms with van der Waals surface area (Å²) in [5.41, 5.74) is 1.44. The molecule has 0 aliphatic rings. The minimum Gasteiger partial charge on any atom is -0.353 e. The SMILES string of the molecule is O=C(Nc1ccc(Nc2ccccc2Cl)cn1)c1ccccc1F. The molecule has 1 heterocycles. The van der Waals surface area contributed by atoms with E-state index < -0.39 is 11.7 Å². The molecule has 4 nitrogen and oxygen atoms in total. The van der Waals surface area contributed by atoms with Crippen molar-refractivity contribution in [2.24, 2.45) is 0 Å². The van der Waals surface area contributed by atoms with Crippen molar-refractivity contribution in [2.75, 3.05) is 10.6 Å². The molecule has 1 aromatic heterocycles. The summed E-state index contributed by atoms with van der Waals surface area (Å²) in [6.07, 6.45) is 1.56. The maximum Gasteiger partial charge on any atom is 0.259 e. The number of aromatic nitrogens is 1. The van der Waals surface area contributed by atoms with Crippen LogP contribution in [0.3, 0.4) is 0 Å². The number of benzene rings is 2. The summed E-state index contributed by atoms with van der Waals surface area (Å²) in [6.45, 7) is 0. The number of amides is 1. The number of para-hydroxylation sites is 1. The molecule has 0 bridgehead atoms. The first kappa shape index (κ1) is 16.0. The summed E-state index contributed by atoms with van der Waals surface area (Å²) in [4.78, 5) is 16.2. The fourth-order valence-electron chi connectivity index (χ4n) is 2.09. The van der Waals surface area contributed by atoms with Crippen molar-refractivity contribution in [3.8, 4) is 0 Å². The number of pyridine rings is 1. The van der Waals surface area contributed by atoms with Crippen molar-refractivity contribution in [2.45, 2.75) is 0 Å². The van der Waals surface area contributed by atoms with Gasteiger partial charge in [0, 0.05) is 0 Å². The Hall–Kier alpha value is -2.92. The molecule has 3 rings (SSSR count). The topological polar surface area (TPSA) is 54.0 Å². The predicted molar refractivity (Wildman–Crippen MR) is 93.3 cm³/mol. The molecule has 0 fully saturated rings. The van der Waals surface area contributed by atoms with Crippen LogP contribution in [-0.2, 0) is 0 Å². The first-order chi connectivity index (χ1) is 11.6. The van der Waals surface area contributed by atoms with Crippen LogP contribution < -0.4 is 10.6 Å². The lowest BCUT2D eigenvalue weighted by Crippen LogP contribution is -2.14. The number of nitrogens with zero attached hydrogens (tertiary/aromatic N) is 1. The molecule has 2 aromatic carbocycles. The van der Waals surface area contributed by atoms with E-state index in [4.69, 9.17) is 11.6 Å². The van der Waals surface area contributed by atoms with Gasteiger partial charge in [0.05, 0.1) is 28.2 Å². The van der Waals surface area contributed by atoms with Gasteiger partial charge in [0.2, 0.25) is 0 Å². The first-order valence-electron chi connectivity index (χ1n) is 7.17. The van der Waals surface area contributed by atoms with Gasteiger partial charge in [0.15, 0.2) is 0 Å². The number of hydrogen-bond donors (Lipinski definition) is 2. The van der Waals surface area contributed by atoms with Crippen molar-refractivity contribution in [3.63, 3.8) is 0 Å². The Morgan fingerprint density at radius 2 is 1.75 bits per heavy atom. The number of carbonyl (C=O) groups is 1. The van der Waals surface area contributed by atoms with Crippen molar-refractivity contribution in [3.05, 3.63) is 83.3 Å². The molecule has 0 atom stereocenters. The van der Waals surface area contributed by atoms with Crippen molar-refractivity contribution in [1.82, 2.24) is 4.98 Å². The fourth-order valence-corrected chi connectivity index (χ4v) is 2.27. The molecular weight excluding hydrogens is 329 g/mol.